The molecule has 50 heavy (non-hydrogen) atoms. The van der Waals surface area contributed by atoms with Gasteiger partial charge in [-0.3, -0.25) is 24.0 Å². The van der Waals surface area contributed by atoms with E-state index in [2.05, 4.69) is 21.1 Å². The number of oxime groups is 1. The molecular weight excluding hydrogens is 665 g/mol. The maximum atomic E-state index is 14.5. The molecule has 11 nitrogen and oxygen atoms in total. The largest absolute Gasteiger partial charge is 0.387 e. The molecule has 2 aromatic rings. The minimum atomic E-state index is -1.09. The topological polar surface area (TPSA) is 146 Å². The molecule has 1 aliphatic carbocycles. The molecule has 2 aliphatic heterocycles. The second-order valence-electron chi connectivity index (χ2n) is 14.6. The molecule has 2 fully saturated rings. The van der Waals surface area contributed by atoms with Gasteiger partial charge in [0.1, 0.15) is 17.9 Å². The third-order valence-electron chi connectivity index (χ3n) is 9.30. The average molecular weight is 710 g/mol. The van der Waals surface area contributed by atoms with Crippen LogP contribution in [-0.4, -0.2) is 76.3 Å². The Kier molecular flexibility index (Phi) is 11.3. The van der Waals surface area contributed by atoms with Crippen molar-refractivity contribution >= 4 is 46.7 Å². The summed E-state index contributed by atoms with van der Waals surface area (Å²) in [5.41, 5.74) is 0.307. The van der Waals surface area contributed by atoms with Crippen molar-refractivity contribution in [1.82, 2.24) is 20.9 Å². The molecule has 4 amide bonds. The second-order valence-corrected chi connectivity index (χ2v) is 15.1. The van der Waals surface area contributed by atoms with Crippen molar-refractivity contribution in [3.8, 4) is 0 Å². The van der Waals surface area contributed by atoms with Gasteiger partial charge in [-0.25, -0.2) is 4.39 Å². The second kappa shape index (κ2) is 15.3. The predicted molar refractivity (Wildman–Crippen MR) is 186 cm³/mol. The molecule has 2 heterocycles. The first-order chi connectivity index (χ1) is 23.7. The molecule has 1 saturated heterocycles. The Hall–Kier alpha value is -4.32. The quantitative estimate of drug-likeness (QED) is 0.265. The number of amides is 4. The highest BCUT2D eigenvalue weighted by Crippen LogP contribution is 2.40. The number of ketones is 1. The van der Waals surface area contributed by atoms with E-state index >= 15 is 0 Å². The van der Waals surface area contributed by atoms with Crippen LogP contribution in [0.3, 0.4) is 0 Å². The number of nitrogens with zero attached hydrogens (tertiary/aromatic N) is 2. The number of hydrogen-bond donors (Lipinski definition) is 3. The fraction of sp³-hybridized carbons (Fsp3) is 0.514. The number of likely N-dealkylation sites (tertiary alicyclic amines) is 1. The Morgan fingerprint density at radius 1 is 1.08 bits per heavy atom. The average Bonchev–Trinajstić information content (AvgIpc) is 3.66. The molecule has 3 aliphatic rings. The lowest BCUT2D eigenvalue weighted by atomic mass is 9.85. The van der Waals surface area contributed by atoms with Crippen LogP contribution in [0.15, 0.2) is 53.7 Å². The van der Waals surface area contributed by atoms with Gasteiger partial charge < -0.3 is 25.7 Å². The molecule has 13 heteroatoms. The summed E-state index contributed by atoms with van der Waals surface area (Å²) in [7, 11) is 0. The normalized spacial score (nSPS) is 21.2. The van der Waals surface area contributed by atoms with E-state index in [0.717, 1.165) is 24.0 Å². The van der Waals surface area contributed by atoms with Crippen LogP contribution in [0.2, 0.25) is 5.02 Å². The van der Waals surface area contributed by atoms with E-state index in [0.29, 0.717) is 23.6 Å². The monoisotopic (exact) mass is 709 g/mol. The summed E-state index contributed by atoms with van der Waals surface area (Å²) in [6.07, 6.45) is 3.13. The number of aryl methyl sites for hydroxylation is 1. The molecule has 0 unspecified atom stereocenters. The van der Waals surface area contributed by atoms with Crippen molar-refractivity contribution < 1.29 is 33.2 Å². The van der Waals surface area contributed by atoms with Gasteiger partial charge in [-0.15, -0.1) is 0 Å². The SMILES string of the molecule is CCC[C@H](NC(=O)[C@@H]1C[C@]2(CC(c3cccc(Cl)c3)=NO2)CN1C(=O)[C@@H](NC(=O)CCc1ccc(F)cc1)C(C)(C)C)C(=O)C(=O)NC1CC1. The highest BCUT2D eigenvalue weighted by Gasteiger charge is 2.55. The van der Waals surface area contributed by atoms with Gasteiger partial charge in [0.25, 0.3) is 5.91 Å². The zero-order chi connectivity index (χ0) is 36.2. The molecule has 3 N–H and O–H groups in total. The van der Waals surface area contributed by atoms with Gasteiger partial charge >= 0.3 is 0 Å². The Labute approximate surface area is 296 Å². The summed E-state index contributed by atoms with van der Waals surface area (Å²) in [6.45, 7) is 7.29. The third-order valence-corrected chi connectivity index (χ3v) is 9.54. The number of halogens is 2. The first-order valence-electron chi connectivity index (χ1n) is 17.2. The number of benzene rings is 2. The van der Waals surface area contributed by atoms with E-state index in [1.807, 2.05) is 33.8 Å². The van der Waals surface area contributed by atoms with Gasteiger partial charge in [-0.05, 0) is 60.9 Å². The number of Topliss-reactive ketones (excluding diaryl/α,β-unsaturated/α-hetero) is 1. The number of rotatable bonds is 13. The van der Waals surface area contributed by atoms with Crippen LogP contribution in [-0.2, 0) is 35.2 Å². The summed E-state index contributed by atoms with van der Waals surface area (Å²) in [4.78, 5) is 75.1. The Bertz CT molecular complexity index is 1660. The Morgan fingerprint density at radius 2 is 1.80 bits per heavy atom. The Morgan fingerprint density at radius 3 is 2.44 bits per heavy atom. The fourth-order valence-corrected chi connectivity index (χ4v) is 6.57. The summed E-state index contributed by atoms with van der Waals surface area (Å²) in [6, 6.07) is 9.79. The van der Waals surface area contributed by atoms with Crippen molar-refractivity contribution in [2.24, 2.45) is 10.6 Å². The number of carbonyl (C=O) groups excluding carboxylic acids is 5. The van der Waals surface area contributed by atoms with Crippen molar-refractivity contribution in [3.05, 3.63) is 70.5 Å². The van der Waals surface area contributed by atoms with Crippen LogP contribution in [0.4, 0.5) is 4.39 Å². The van der Waals surface area contributed by atoms with Crippen LogP contribution < -0.4 is 16.0 Å². The molecule has 1 spiro atoms. The van der Waals surface area contributed by atoms with E-state index in [9.17, 15) is 28.4 Å². The van der Waals surface area contributed by atoms with E-state index < -0.39 is 52.6 Å². The predicted octanol–water partition coefficient (Wildman–Crippen LogP) is 4.24. The molecule has 0 bridgehead atoms. The molecule has 2 aromatic carbocycles. The fourth-order valence-electron chi connectivity index (χ4n) is 6.38. The summed E-state index contributed by atoms with van der Waals surface area (Å²) < 4.78 is 13.4. The number of nitrogens with one attached hydrogen (secondary N) is 3. The van der Waals surface area contributed by atoms with Crippen molar-refractivity contribution in [1.29, 1.82) is 0 Å². The summed E-state index contributed by atoms with van der Waals surface area (Å²) >= 11 is 6.23. The number of hydrogen-bond acceptors (Lipinski definition) is 7. The van der Waals surface area contributed by atoms with Crippen molar-refractivity contribution in [2.75, 3.05) is 6.54 Å². The van der Waals surface area contributed by atoms with E-state index in [1.54, 1.807) is 30.3 Å². The maximum absolute atomic E-state index is 14.5. The molecule has 0 radical (unpaired) electrons. The van der Waals surface area contributed by atoms with E-state index in [-0.39, 0.29) is 50.0 Å². The molecular formula is C37H45ClFN5O6. The lowest BCUT2D eigenvalue weighted by Crippen LogP contribution is -2.59. The molecule has 1 saturated carbocycles. The van der Waals surface area contributed by atoms with E-state index in [4.69, 9.17) is 16.4 Å². The first-order valence-corrected chi connectivity index (χ1v) is 17.6. The highest BCUT2D eigenvalue weighted by atomic mass is 35.5. The molecule has 268 valence electrons. The highest BCUT2D eigenvalue weighted by molar-refractivity contribution is 6.38. The summed E-state index contributed by atoms with van der Waals surface area (Å²) in [5.74, 6) is -3.32. The summed E-state index contributed by atoms with van der Waals surface area (Å²) in [5, 5.41) is 13.2. The van der Waals surface area contributed by atoms with Crippen molar-refractivity contribution in [3.63, 3.8) is 0 Å². The van der Waals surface area contributed by atoms with Gasteiger partial charge in [0.15, 0.2) is 5.60 Å². The minimum Gasteiger partial charge on any atom is -0.387 e. The van der Waals surface area contributed by atoms with Crippen molar-refractivity contribution in [2.45, 2.75) is 109 Å². The lowest BCUT2D eigenvalue weighted by Gasteiger charge is -2.35. The van der Waals surface area contributed by atoms with Crippen LogP contribution in [0, 0.1) is 11.2 Å². The van der Waals surface area contributed by atoms with Crippen LogP contribution in [0.5, 0.6) is 0 Å². The molecule has 4 atom stereocenters. The Balaban J connectivity index is 1.37. The van der Waals surface area contributed by atoms with Crippen LogP contribution in [0.1, 0.15) is 83.8 Å². The number of carbonyl (C=O) groups is 5. The zero-order valence-corrected chi connectivity index (χ0v) is 29.6. The first kappa shape index (κ1) is 36.9. The van der Waals surface area contributed by atoms with Gasteiger partial charge in [0.2, 0.25) is 23.5 Å². The van der Waals surface area contributed by atoms with Crippen LogP contribution in [0.25, 0.3) is 0 Å². The van der Waals surface area contributed by atoms with Gasteiger partial charge in [-0.2, -0.15) is 0 Å². The zero-order valence-electron chi connectivity index (χ0n) is 28.9. The standard InChI is InChI=1S/C37H45ClFN5O6/c1-5-7-27(31(46)34(48)40-26-15-16-26)41-33(47)29-20-37(19-28(43-50-37)23-8-6-9-24(38)18-23)21-44(29)35(49)32(36(2,3)4)42-30(45)17-12-22-10-13-25(39)14-11-22/h6,8-11,13-14,18,26-27,29,32H,5,7,12,15-17,19-21H2,1-4H3,(H,40,48)(H,41,47)(H,42,45)/t27-,29-,32+,37+/m0/s1. The molecule has 5 rings (SSSR count). The van der Waals surface area contributed by atoms with Gasteiger partial charge in [0, 0.05) is 35.9 Å². The third kappa shape index (κ3) is 9.07. The smallest absolute Gasteiger partial charge is 0.289 e. The minimum absolute atomic E-state index is 0.00985. The van der Waals surface area contributed by atoms with E-state index in [1.165, 1.54) is 17.0 Å². The molecule has 0 aromatic heterocycles. The van der Waals surface area contributed by atoms with Gasteiger partial charge in [0.05, 0.1) is 18.3 Å². The lowest BCUT2D eigenvalue weighted by molar-refractivity contribution is -0.145. The maximum Gasteiger partial charge on any atom is 0.289 e. The van der Waals surface area contributed by atoms with Crippen LogP contribution >= 0.6 is 11.6 Å². The van der Waals surface area contributed by atoms with Gasteiger partial charge in [-0.1, -0.05) is 75.1 Å².